The van der Waals surface area contributed by atoms with Gasteiger partial charge in [0.25, 0.3) is 11.8 Å². The van der Waals surface area contributed by atoms with Crippen LogP contribution in [0.2, 0.25) is 0 Å². The number of imide groups is 1. The van der Waals surface area contributed by atoms with Crippen molar-refractivity contribution >= 4 is 17.4 Å². The van der Waals surface area contributed by atoms with Crippen LogP contribution in [0.3, 0.4) is 0 Å². The predicted octanol–water partition coefficient (Wildman–Crippen LogP) is 2.24. The standard InChI is InChI=1S/C25H29N3O5/c1-26-11-13-27(14-12-26)23-22(18-7-5-6-8-19(18)31-2)24(29)28(25(23)30)16-17-9-10-20(32-3)21(15-17)33-4/h5-10,15H,11-14,16H2,1-4H3. The third kappa shape index (κ3) is 4.26. The zero-order valence-corrected chi connectivity index (χ0v) is 19.5. The molecule has 8 heteroatoms. The molecule has 2 aliphatic rings. The molecule has 0 N–H and O–H groups in total. The summed E-state index contributed by atoms with van der Waals surface area (Å²) in [5, 5.41) is 0. The number of hydrogen-bond donors (Lipinski definition) is 0. The number of carbonyl (C=O) groups is 2. The Kier molecular flexibility index (Phi) is 6.55. The number of rotatable bonds is 7. The van der Waals surface area contributed by atoms with Crippen LogP contribution in [-0.2, 0) is 16.1 Å². The molecule has 2 aromatic rings. The molecule has 2 aliphatic heterocycles. The number of benzene rings is 2. The smallest absolute Gasteiger partial charge is 0.278 e. The SMILES string of the molecule is COc1ccc(CN2C(=O)C(c3ccccc3OC)=C(N3CCN(C)CC3)C2=O)cc1OC. The van der Waals surface area contributed by atoms with E-state index in [1.807, 2.05) is 29.2 Å². The van der Waals surface area contributed by atoms with Crippen LogP contribution in [0, 0.1) is 0 Å². The van der Waals surface area contributed by atoms with Crippen LogP contribution in [0.15, 0.2) is 48.2 Å². The third-order valence-corrected chi connectivity index (χ3v) is 6.13. The molecule has 0 aliphatic carbocycles. The Morgan fingerprint density at radius 1 is 0.788 bits per heavy atom. The second-order valence-electron chi connectivity index (χ2n) is 8.10. The molecule has 2 amide bonds. The van der Waals surface area contributed by atoms with E-state index in [1.54, 1.807) is 39.5 Å². The fourth-order valence-electron chi connectivity index (χ4n) is 4.29. The number of likely N-dealkylation sites (N-methyl/N-ethyl adjacent to an activating group) is 1. The zero-order valence-electron chi connectivity index (χ0n) is 19.5. The lowest BCUT2D eigenvalue weighted by molar-refractivity contribution is -0.138. The van der Waals surface area contributed by atoms with E-state index in [0.29, 0.717) is 47.2 Å². The monoisotopic (exact) mass is 451 g/mol. The highest BCUT2D eigenvalue weighted by atomic mass is 16.5. The van der Waals surface area contributed by atoms with Gasteiger partial charge in [0.2, 0.25) is 0 Å². The Morgan fingerprint density at radius 3 is 2.12 bits per heavy atom. The number of hydrogen-bond acceptors (Lipinski definition) is 7. The molecule has 0 radical (unpaired) electrons. The Hall–Kier alpha value is -3.52. The van der Waals surface area contributed by atoms with E-state index in [9.17, 15) is 9.59 Å². The van der Waals surface area contributed by atoms with Crippen LogP contribution < -0.4 is 14.2 Å². The maximum absolute atomic E-state index is 13.7. The van der Waals surface area contributed by atoms with E-state index in [1.165, 1.54) is 4.90 Å². The van der Waals surface area contributed by atoms with E-state index in [4.69, 9.17) is 14.2 Å². The van der Waals surface area contributed by atoms with Gasteiger partial charge in [0, 0.05) is 31.7 Å². The number of amides is 2. The third-order valence-electron chi connectivity index (χ3n) is 6.13. The highest BCUT2D eigenvalue weighted by Gasteiger charge is 2.42. The van der Waals surface area contributed by atoms with Gasteiger partial charge in [-0.05, 0) is 30.8 Å². The number of nitrogens with zero attached hydrogens (tertiary/aromatic N) is 3. The fourth-order valence-corrected chi connectivity index (χ4v) is 4.29. The molecule has 1 fully saturated rings. The molecule has 174 valence electrons. The quantitative estimate of drug-likeness (QED) is 0.598. The fraction of sp³-hybridized carbons (Fsp3) is 0.360. The Bertz CT molecular complexity index is 1090. The van der Waals surface area contributed by atoms with E-state index in [2.05, 4.69) is 11.9 Å². The van der Waals surface area contributed by atoms with Crippen LogP contribution in [0.4, 0.5) is 0 Å². The molecular formula is C25H29N3O5. The molecule has 0 spiro atoms. The van der Waals surface area contributed by atoms with Gasteiger partial charge in [0.1, 0.15) is 11.4 Å². The molecular weight excluding hydrogens is 422 g/mol. The number of para-hydroxylation sites is 1. The van der Waals surface area contributed by atoms with Gasteiger partial charge in [-0.2, -0.15) is 0 Å². The van der Waals surface area contributed by atoms with Gasteiger partial charge in [-0.25, -0.2) is 0 Å². The first kappa shape index (κ1) is 22.7. The Labute approximate surface area is 193 Å². The van der Waals surface area contributed by atoms with Crippen molar-refractivity contribution in [2.75, 3.05) is 54.6 Å². The summed E-state index contributed by atoms with van der Waals surface area (Å²) in [6.07, 6.45) is 0. The number of carbonyl (C=O) groups excluding carboxylic acids is 2. The molecule has 0 unspecified atom stereocenters. The van der Waals surface area contributed by atoms with Crippen LogP contribution in [0.5, 0.6) is 17.2 Å². The maximum atomic E-state index is 13.7. The topological polar surface area (TPSA) is 71.5 Å². The normalized spacial score (nSPS) is 17.1. The second kappa shape index (κ2) is 9.54. The zero-order chi connectivity index (χ0) is 23.5. The van der Waals surface area contributed by atoms with Gasteiger partial charge < -0.3 is 24.0 Å². The first-order valence-corrected chi connectivity index (χ1v) is 10.9. The molecule has 0 atom stereocenters. The molecule has 33 heavy (non-hydrogen) atoms. The van der Waals surface area contributed by atoms with Crippen LogP contribution in [0.25, 0.3) is 5.57 Å². The number of methoxy groups -OCH3 is 3. The average molecular weight is 452 g/mol. The van der Waals surface area contributed by atoms with E-state index < -0.39 is 0 Å². The van der Waals surface area contributed by atoms with Crippen molar-refractivity contribution in [2.45, 2.75) is 6.54 Å². The highest BCUT2D eigenvalue weighted by Crippen LogP contribution is 2.37. The van der Waals surface area contributed by atoms with Gasteiger partial charge in [-0.3, -0.25) is 14.5 Å². The van der Waals surface area contributed by atoms with Crippen LogP contribution in [-0.4, -0.2) is 81.1 Å². The van der Waals surface area contributed by atoms with Gasteiger partial charge in [0.05, 0.1) is 33.4 Å². The number of piperazine rings is 1. The highest BCUT2D eigenvalue weighted by molar-refractivity contribution is 6.35. The first-order valence-electron chi connectivity index (χ1n) is 10.9. The van der Waals surface area contributed by atoms with E-state index in [-0.39, 0.29) is 18.4 Å². The molecule has 2 heterocycles. The number of ether oxygens (including phenoxy) is 3. The van der Waals surface area contributed by atoms with Crippen molar-refractivity contribution in [1.29, 1.82) is 0 Å². The molecule has 0 aromatic heterocycles. The lowest BCUT2D eigenvalue weighted by atomic mass is 10.0. The minimum atomic E-state index is -0.326. The molecule has 2 aromatic carbocycles. The lowest BCUT2D eigenvalue weighted by Crippen LogP contribution is -2.46. The van der Waals surface area contributed by atoms with Crippen molar-refractivity contribution in [3.8, 4) is 17.2 Å². The van der Waals surface area contributed by atoms with Crippen molar-refractivity contribution in [1.82, 2.24) is 14.7 Å². The molecule has 4 rings (SSSR count). The summed E-state index contributed by atoms with van der Waals surface area (Å²) in [5.41, 5.74) is 2.23. The average Bonchev–Trinajstić information content (AvgIpc) is 3.09. The van der Waals surface area contributed by atoms with Gasteiger partial charge >= 0.3 is 0 Å². The largest absolute Gasteiger partial charge is 0.496 e. The van der Waals surface area contributed by atoms with E-state index in [0.717, 1.165) is 18.7 Å². The second-order valence-corrected chi connectivity index (χ2v) is 8.10. The van der Waals surface area contributed by atoms with Crippen molar-refractivity contribution in [2.24, 2.45) is 0 Å². The van der Waals surface area contributed by atoms with Crippen molar-refractivity contribution in [3.05, 3.63) is 59.3 Å². The van der Waals surface area contributed by atoms with Crippen molar-refractivity contribution < 1.29 is 23.8 Å². The van der Waals surface area contributed by atoms with Crippen LogP contribution in [0.1, 0.15) is 11.1 Å². The van der Waals surface area contributed by atoms with Crippen LogP contribution >= 0.6 is 0 Å². The molecule has 8 nitrogen and oxygen atoms in total. The summed E-state index contributed by atoms with van der Waals surface area (Å²) >= 11 is 0. The Balaban J connectivity index is 1.73. The predicted molar refractivity (Wildman–Crippen MR) is 124 cm³/mol. The minimum Gasteiger partial charge on any atom is -0.496 e. The summed E-state index contributed by atoms with van der Waals surface area (Å²) in [5.74, 6) is 1.08. The first-order chi connectivity index (χ1) is 16.0. The van der Waals surface area contributed by atoms with Crippen molar-refractivity contribution in [3.63, 3.8) is 0 Å². The van der Waals surface area contributed by atoms with Gasteiger partial charge in [-0.15, -0.1) is 0 Å². The van der Waals surface area contributed by atoms with Gasteiger partial charge in [-0.1, -0.05) is 24.3 Å². The summed E-state index contributed by atoms with van der Waals surface area (Å²) in [4.78, 5) is 32.9. The lowest BCUT2D eigenvalue weighted by Gasteiger charge is -2.34. The molecule has 0 bridgehead atoms. The molecule has 0 saturated carbocycles. The summed E-state index contributed by atoms with van der Waals surface area (Å²) < 4.78 is 16.2. The summed E-state index contributed by atoms with van der Waals surface area (Å²) in [6.45, 7) is 3.12. The van der Waals surface area contributed by atoms with E-state index >= 15 is 0 Å². The van der Waals surface area contributed by atoms with Gasteiger partial charge in [0.15, 0.2) is 11.5 Å². The summed E-state index contributed by atoms with van der Waals surface area (Å²) in [6, 6.07) is 12.7. The summed E-state index contributed by atoms with van der Waals surface area (Å²) in [7, 11) is 6.74. The Morgan fingerprint density at radius 2 is 1.45 bits per heavy atom. The maximum Gasteiger partial charge on any atom is 0.278 e. The minimum absolute atomic E-state index is 0.133. The molecule has 1 saturated heterocycles.